The largest absolute Gasteiger partial charge is 0.350 e. The Hall–Kier alpha value is -3.07. The van der Waals surface area contributed by atoms with Crippen LogP contribution in [0, 0.1) is 5.82 Å². The molecule has 4 aromatic rings. The normalized spacial score (nSPS) is 11.2. The third kappa shape index (κ3) is 3.08. The number of halogens is 1. The van der Waals surface area contributed by atoms with Crippen molar-refractivity contribution in [1.29, 1.82) is 0 Å². The van der Waals surface area contributed by atoms with Crippen LogP contribution in [0.4, 0.5) is 4.39 Å². The van der Waals surface area contributed by atoms with Crippen molar-refractivity contribution in [2.75, 3.05) is 6.54 Å². The Bertz CT molecular complexity index is 1060. The lowest BCUT2D eigenvalue weighted by Crippen LogP contribution is -2.26. The van der Waals surface area contributed by atoms with Crippen molar-refractivity contribution in [3.63, 3.8) is 0 Å². The molecule has 0 aliphatic heterocycles. The molecular formula is C17H15FN6OS. The molecule has 0 atom stereocenters. The van der Waals surface area contributed by atoms with Crippen molar-refractivity contribution < 1.29 is 9.18 Å². The van der Waals surface area contributed by atoms with Gasteiger partial charge >= 0.3 is 0 Å². The third-order valence-corrected chi connectivity index (χ3v) is 4.89. The number of hydrogen-bond acceptors (Lipinski definition) is 5. The summed E-state index contributed by atoms with van der Waals surface area (Å²) < 4.78 is 16.5. The number of nitrogens with zero attached hydrogens (tertiary/aromatic N) is 5. The molecule has 0 fully saturated rings. The first-order valence-electron chi connectivity index (χ1n) is 7.96. The molecule has 132 valence electrons. The zero-order valence-corrected chi connectivity index (χ0v) is 14.7. The Morgan fingerprint density at radius 1 is 1.31 bits per heavy atom. The van der Waals surface area contributed by atoms with Crippen molar-refractivity contribution in [3.05, 3.63) is 59.2 Å². The SMILES string of the molecule is Cn1nc(C(=O)NCCc2csc3ncnn23)cc1-c1ccc(F)cc1. The number of amides is 1. The molecule has 3 aromatic heterocycles. The van der Waals surface area contributed by atoms with Crippen molar-refractivity contribution >= 4 is 22.2 Å². The summed E-state index contributed by atoms with van der Waals surface area (Å²) >= 11 is 1.51. The summed E-state index contributed by atoms with van der Waals surface area (Å²) in [4.78, 5) is 17.3. The lowest BCUT2D eigenvalue weighted by atomic mass is 10.1. The molecule has 0 saturated heterocycles. The van der Waals surface area contributed by atoms with Crippen LogP contribution in [0.15, 0.2) is 42.0 Å². The van der Waals surface area contributed by atoms with Crippen molar-refractivity contribution in [1.82, 2.24) is 29.7 Å². The van der Waals surface area contributed by atoms with E-state index in [1.165, 1.54) is 29.8 Å². The van der Waals surface area contributed by atoms with Crippen LogP contribution in [0.1, 0.15) is 16.2 Å². The number of fused-ring (bicyclic) bond motifs is 1. The highest BCUT2D eigenvalue weighted by Gasteiger charge is 2.14. The van der Waals surface area contributed by atoms with E-state index >= 15 is 0 Å². The van der Waals surface area contributed by atoms with E-state index in [0.29, 0.717) is 18.7 Å². The highest BCUT2D eigenvalue weighted by atomic mass is 32.1. The van der Waals surface area contributed by atoms with Gasteiger partial charge in [-0.05, 0) is 35.9 Å². The summed E-state index contributed by atoms with van der Waals surface area (Å²) in [5, 5.41) is 13.2. The van der Waals surface area contributed by atoms with Gasteiger partial charge in [-0.1, -0.05) is 0 Å². The molecule has 0 aliphatic carbocycles. The Morgan fingerprint density at radius 2 is 2.12 bits per heavy atom. The lowest BCUT2D eigenvalue weighted by molar-refractivity contribution is 0.0948. The first kappa shape index (κ1) is 16.4. The summed E-state index contributed by atoms with van der Waals surface area (Å²) in [6.07, 6.45) is 2.16. The number of rotatable bonds is 5. The van der Waals surface area contributed by atoms with E-state index in [9.17, 15) is 9.18 Å². The van der Waals surface area contributed by atoms with Crippen LogP contribution in [-0.2, 0) is 13.5 Å². The average Bonchev–Trinajstić information content (AvgIpc) is 3.32. The molecule has 0 radical (unpaired) electrons. The number of thiazole rings is 1. The van der Waals surface area contributed by atoms with Crippen LogP contribution in [-0.4, -0.2) is 36.8 Å². The van der Waals surface area contributed by atoms with Gasteiger partial charge in [-0.3, -0.25) is 9.48 Å². The summed E-state index contributed by atoms with van der Waals surface area (Å²) in [7, 11) is 1.75. The number of nitrogens with one attached hydrogen (secondary N) is 1. The molecule has 0 spiro atoms. The molecule has 3 heterocycles. The molecule has 9 heteroatoms. The molecular weight excluding hydrogens is 355 g/mol. The Labute approximate surface area is 152 Å². The van der Waals surface area contributed by atoms with E-state index in [1.807, 2.05) is 5.38 Å². The number of carbonyl (C=O) groups excluding carboxylic acids is 1. The van der Waals surface area contributed by atoms with Crippen molar-refractivity contribution in [2.24, 2.45) is 7.05 Å². The maximum atomic E-state index is 13.1. The van der Waals surface area contributed by atoms with Crippen molar-refractivity contribution in [3.8, 4) is 11.3 Å². The maximum absolute atomic E-state index is 13.1. The Kier molecular flexibility index (Phi) is 4.21. The van der Waals surface area contributed by atoms with Gasteiger partial charge in [0.15, 0.2) is 5.69 Å². The predicted molar refractivity (Wildman–Crippen MR) is 95.5 cm³/mol. The van der Waals surface area contributed by atoms with Gasteiger partial charge in [-0.2, -0.15) is 10.2 Å². The van der Waals surface area contributed by atoms with Gasteiger partial charge < -0.3 is 5.32 Å². The molecule has 1 aromatic carbocycles. The van der Waals surface area contributed by atoms with Gasteiger partial charge in [0.1, 0.15) is 12.1 Å². The third-order valence-electron chi connectivity index (χ3n) is 4.01. The van der Waals surface area contributed by atoms with Crippen LogP contribution in [0.3, 0.4) is 0 Å². The molecule has 7 nitrogen and oxygen atoms in total. The smallest absolute Gasteiger partial charge is 0.271 e. The van der Waals surface area contributed by atoms with E-state index < -0.39 is 0 Å². The number of benzene rings is 1. The van der Waals surface area contributed by atoms with Crippen LogP contribution in [0.5, 0.6) is 0 Å². The lowest BCUT2D eigenvalue weighted by Gasteiger charge is -2.02. The molecule has 0 aliphatic rings. The standard InChI is InChI=1S/C17H15FN6OS/c1-23-15(11-2-4-12(18)5-3-11)8-14(22-23)16(25)19-7-6-13-9-26-17-20-10-21-24(13)17/h2-5,8-10H,6-7H2,1H3,(H,19,25). The second-order valence-corrected chi connectivity index (χ2v) is 6.57. The molecule has 4 rings (SSSR count). The minimum atomic E-state index is -0.302. The molecule has 0 saturated carbocycles. The van der Waals surface area contributed by atoms with Crippen LogP contribution in [0.2, 0.25) is 0 Å². The molecule has 0 unspecified atom stereocenters. The van der Waals surface area contributed by atoms with E-state index in [1.54, 1.807) is 34.4 Å². The molecule has 26 heavy (non-hydrogen) atoms. The number of hydrogen-bond donors (Lipinski definition) is 1. The van der Waals surface area contributed by atoms with Gasteiger partial charge in [-0.25, -0.2) is 13.9 Å². The minimum Gasteiger partial charge on any atom is -0.350 e. The van der Waals surface area contributed by atoms with Crippen LogP contribution >= 0.6 is 11.3 Å². The second kappa shape index (κ2) is 6.68. The maximum Gasteiger partial charge on any atom is 0.271 e. The van der Waals surface area contributed by atoms with Crippen LogP contribution < -0.4 is 5.32 Å². The molecule has 1 amide bonds. The molecule has 0 bridgehead atoms. The van der Waals surface area contributed by atoms with E-state index in [2.05, 4.69) is 20.5 Å². The quantitative estimate of drug-likeness (QED) is 0.585. The zero-order valence-electron chi connectivity index (χ0n) is 13.9. The minimum absolute atomic E-state index is 0.251. The highest BCUT2D eigenvalue weighted by Crippen LogP contribution is 2.20. The second-order valence-electron chi connectivity index (χ2n) is 5.73. The fourth-order valence-corrected chi connectivity index (χ4v) is 3.54. The molecule has 1 N–H and O–H groups in total. The summed E-state index contributed by atoms with van der Waals surface area (Å²) in [6.45, 7) is 0.465. The van der Waals surface area contributed by atoms with Gasteiger partial charge in [0.25, 0.3) is 5.91 Å². The zero-order chi connectivity index (χ0) is 18.1. The average molecular weight is 370 g/mol. The van der Waals surface area contributed by atoms with E-state index in [4.69, 9.17) is 0 Å². The fourth-order valence-electron chi connectivity index (χ4n) is 2.71. The summed E-state index contributed by atoms with van der Waals surface area (Å²) in [5.41, 5.74) is 2.86. The van der Waals surface area contributed by atoms with Crippen molar-refractivity contribution in [2.45, 2.75) is 6.42 Å². The Morgan fingerprint density at radius 3 is 2.92 bits per heavy atom. The monoisotopic (exact) mass is 370 g/mol. The highest BCUT2D eigenvalue weighted by molar-refractivity contribution is 7.15. The van der Waals surface area contributed by atoms with E-state index in [0.717, 1.165) is 21.9 Å². The summed E-state index contributed by atoms with van der Waals surface area (Å²) in [5.74, 6) is -0.553. The predicted octanol–water partition coefficient (Wildman–Crippen LogP) is 2.30. The van der Waals surface area contributed by atoms with E-state index in [-0.39, 0.29) is 11.7 Å². The van der Waals surface area contributed by atoms with Gasteiger partial charge in [0, 0.05) is 25.4 Å². The van der Waals surface area contributed by atoms with Gasteiger partial charge in [0.2, 0.25) is 4.96 Å². The van der Waals surface area contributed by atoms with Crippen LogP contribution in [0.25, 0.3) is 16.2 Å². The first-order chi connectivity index (χ1) is 12.6. The number of carbonyl (C=O) groups is 1. The number of aryl methyl sites for hydroxylation is 1. The Balaban J connectivity index is 1.43. The fraction of sp³-hybridized carbons (Fsp3) is 0.176. The topological polar surface area (TPSA) is 77.1 Å². The first-order valence-corrected chi connectivity index (χ1v) is 8.84. The van der Waals surface area contributed by atoms with Gasteiger partial charge in [-0.15, -0.1) is 11.3 Å². The number of aromatic nitrogens is 5. The van der Waals surface area contributed by atoms with Gasteiger partial charge in [0.05, 0.1) is 11.4 Å². The summed E-state index contributed by atoms with van der Waals surface area (Å²) in [6, 6.07) is 7.78.